The molecule has 1 aliphatic rings. The summed E-state index contributed by atoms with van der Waals surface area (Å²) in [6.07, 6.45) is 0.139. The molecule has 7 amide bonds. The number of H-pyrrole nitrogens is 3. The molecule has 0 bridgehead atoms. The van der Waals surface area contributed by atoms with Gasteiger partial charge in [-0.05, 0) is 90.2 Å². The predicted molar refractivity (Wildman–Crippen MR) is 374 cm³/mol. The van der Waals surface area contributed by atoms with Crippen molar-refractivity contribution in [1.29, 1.82) is 0 Å². The molecule has 101 heavy (non-hydrogen) atoms. The molecule has 9 aromatic rings. The van der Waals surface area contributed by atoms with Crippen LogP contribution in [0.5, 0.6) is 5.75 Å². The molecule has 4 aromatic heterocycles. The molecule has 0 saturated heterocycles. The third-order valence-corrected chi connectivity index (χ3v) is 18.6. The van der Waals surface area contributed by atoms with Crippen molar-refractivity contribution in [3.05, 3.63) is 148 Å². The van der Waals surface area contributed by atoms with Gasteiger partial charge in [0.15, 0.2) is 11.2 Å². The van der Waals surface area contributed by atoms with Crippen molar-refractivity contribution >= 4 is 171 Å². The van der Waals surface area contributed by atoms with E-state index in [1.807, 2.05) is 24.3 Å². The maximum Gasteiger partial charge on any atom is 0.327 e. The summed E-state index contributed by atoms with van der Waals surface area (Å²) in [5.41, 5.74) is 9.92. The number of alkyl halides is 1. The first kappa shape index (κ1) is 71.9. The highest BCUT2D eigenvalue weighted by Gasteiger charge is 2.36. The summed E-state index contributed by atoms with van der Waals surface area (Å²) in [6.45, 7) is -2.87. The molecule has 36 heteroatoms. The molecule has 5 heterocycles. The van der Waals surface area contributed by atoms with E-state index in [0.717, 1.165) is 37.4 Å². The summed E-state index contributed by atoms with van der Waals surface area (Å²) in [4.78, 5) is 177. The third kappa shape index (κ3) is 18.3. The van der Waals surface area contributed by atoms with E-state index in [1.165, 1.54) is 30.5 Å². The second-order valence-corrected chi connectivity index (χ2v) is 26.0. The average molecular weight is 1440 g/mol. The lowest BCUT2D eigenvalue weighted by atomic mass is 9.95. The molecule has 17 N–H and O–H groups in total. The molecule has 5 aromatic carbocycles. The van der Waals surface area contributed by atoms with Crippen LogP contribution >= 0.6 is 33.2 Å². The van der Waals surface area contributed by atoms with Crippen molar-refractivity contribution in [2.75, 3.05) is 76.7 Å². The second-order valence-electron chi connectivity index (χ2n) is 23.0. The summed E-state index contributed by atoms with van der Waals surface area (Å²) in [7, 11) is 2.07. The van der Waals surface area contributed by atoms with Crippen molar-refractivity contribution in [3.63, 3.8) is 0 Å². The molecule has 10 rings (SSSR count). The summed E-state index contributed by atoms with van der Waals surface area (Å²) in [6, 6.07) is 23.1. The van der Waals surface area contributed by atoms with Gasteiger partial charge in [0.2, 0.25) is 29.6 Å². The number of aromatic nitrogens is 6. The van der Waals surface area contributed by atoms with Gasteiger partial charge in [-0.3, -0.25) is 57.8 Å². The number of nitrogens with two attached hydrogens (primary N) is 1. The zero-order chi connectivity index (χ0) is 72.2. The Balaban J connectivity index is 0.690. The maximum absolute atomic E-state index is 14.1. The number of amides is 7. The highest BCUT2D eigenvalue weighted by Crippen LogP contribution is 2.46. The number of aliphatic carboxylic acids is 4. The van der Waals surface area contributed by atoms with Crippen LogP contribution < -0.4 is 53.4 Å². The van der Waals surface area contributed by atoms with E-state index in [2.05, 4.69) is 67.1 Å². The molecule has 524 valence electrons. The van der Waals surface area contributed by atoms with Crippen LogP contribution in [0.15, 0.2) is 114 Å². The van der Waals surface area contributed by atoms with Crippen LogP contribution in [-0.4, -0.2) is 194 Å². The van der Waals surface area contributed by atoms with Crippen LogP contribution in [0.1, 0.15) is 67.8 Å². The number of carboxylic acid groups (broad SMARTS) is 4. The SMILES string of the molecule is Nc1nc2ncc(CNc3ccc(C(=O)NC(CCC(=O)NC(CNC(=O)CN(CC(=O)O)CC(=O)O)C(=O)NC(CSSCCC(=O)Nc4ccc5[nH]c(C(=O)Nc6ccc7[nH]c(C(=O)N8CC(CCl)c9c8cc(O)c8ccccc98)cc7c6)cc5c4)C(=O)O)C(=O)O)cc3)nc2c(=O)[nH]1. The number of carbonyl (C=O) groups excluding carboxylic acids is 7. The number of hydrogen-bond acceptors (Lipinski definition) is 21. The predicted octanol–water partition coefficient (Wildman–Crippen LogP) is 3.98. The lowest BCUT2D eigenvalue weighted by Crippen LogP contribution is -2.57. The molecule has 1 aliphatic heterocycles. The Labute approximate surface area is 582 Å². The molecule has 33 nitrogen and oxygen atoms in total. The molecular weight excluding hydrogens is 1380 g/mol. The number of fused-ring (bicyclic) bond motifs is 6. The van der Waals surface area contributed by atoms with E-state index in [-0.39, 0.29) is 76.3 Å². The number of nitrogens with zero attached hydrogens (tertiary/aromatic N) is 5. The molecule has 0 fully saturated rings. The van der Waals surface area contributed by atoms with E-state index >= 15 is 0 Å². The minimum absolute atomic E-state index is 0.0211. The number of hydrogen-bond donors (Lipinski definition) is 16. The van der Waals surface area contributed by atoms with Crippen LogP contribution in [0.2, 0.25) is 0 Å². The van der Waals surface area contributed by atoms with E-state index in [1.54, 1.807) is 59.5 Å². The van der Waals surface area contributed by atoms with Gasteiger partial charge < -0.3 is 83.4 Å². The molecule has 0 saturated carbocycles. The monoisotopic (exact) mass is 1440 g/mol. The summed E-state index contributed by atoms with van der Waals surface area (Å²) in [5.74, 6) is -11.3. The number of carboxylic acids is 4. The fourth-order valence-electron chi connectivity index (χ4n) is 11.0. The van der Waals surface area contributed by atoms with Gasteiger partial charge in [-0.2, -0.15) is 4.98 Å². The first-order chi connectivity index (χ1) is 48.4. The number of nitrogens with one attached hydrogen (secondary N) is 10. The standard InChI is InChI=1S/C65H63ClN16O17S2/c66-22-34-26-82(48-21-49(83)39-3-1-2-4-40(39)55(34)48)62(95)45-20-33-18-37(10-12-42(33)75-45)73-59(92)44-19-32-17-36(9-11-41(32)74-44)71-51(85)15-16-100-101-30-47(64(98)99)78-60(93)46(25-69-52(86)27-81(28-53(87)88)29-54(89)90)76-50(84)14-13-43(63(96)97)77-58(91)31-5-7-35(8-6-31)68-23-38-24-70-57-56(72-38)61(94)80-65(67)79-57/h1-12,17-21,24,34,43,46-47,68,74-75,83H,13-16,22-23,25-30H2,(H,69,86)(H,71,85)(H,73,92)(H,76,84)(H,77,91)(H,78,93)(H,87,88)(H,89,90)(H,96,97)(H,98,99)(H3,67,70,79,80,94). The highest BCUT2D eigenvalue weighted by atomic mass is 35.5. The van der Waals surface area contributed by atoms with Crippen LogP contribution in [0.25, 0.3) is 43.7 Å². The summed E-state index contributed by atoms with van der Waals surface area (Å²) in [5, 5.41) is 70.1. The Hall–Kier alpha value is -11.8. The molecular formula is C65H63ClN16O17S2. The Morgan fingerprint density at radius 3 is 2.00 bits per heavy atom. The highest BCUT2D eigenvalue weighted by molar-refractivity contribution is 8.76. The first-order valence-electron chi connectivity index (χ1n) is 30.7. The molecule has 4 unspecified atom stereocenters. The van der Waals surface area contributed by atoms with Gasteiger partial charge in [0.05, 0.1) is 43.8 Å². The number of nitrogen functional groups attached to an aromatic ring is 1. The van der Waals surface area contributed by atoms with Crippen molar-refractivity contribution in [2.24, 2.45) is 0 Å². The van der Waals surface area contributed by atoms with Crippen molar-refractivity contribution < 1.29 is 78.3 Å². The van der Waals surface area contributed by atoms with Gasteiger partial charge in [0, 0.05) is 105 Å². The third-order valence-electron chi connectivity index (χ3n) is 15.8. The number of benzene rings is 5. The number of halogens is 1. The number of phenolic OH excluding ortho intramolecular Hbond substituents is 1. The Bertz CT molecular complexity index is 4810. The van der Waals surface area contributed by atoms with Crippen molar-refractivity contribution in [1.82, 2.24) is 56.1 Å². The number of aromatic hydroxyl groups is 1. The number of rotatable bonds is 32. The van der Waals surface area contributed by atoms with Crippen LogP contribution in [0.3, 0.4) is 0 Å². The smallest absolute Gasteiger partial charge is 0.327 e. The van der Waals surface area contributed by atoms with Crippen LogP contribution in [-0.2, 0) is 44.9 Å². The minimum atomic E-state index is -1.76. The summed E-state index contributed by atoms with van der Waals surface area (Å²) < 4.78 is 0. The first-order valence-corrected chi connectivity index (χ1v) is 33.8. The van der Waals surface area contributed by atoms with Gasteiger partial charge in [-0.15, -0.1) is 11.6 Å². The molecule has 0 spiro atoms. The topological polar surface area (TPSA) is 509 Å². The zero-order valence-electron chi connectivity index (χ0n) is 52.8. The lowest BCUT2D eigenvalue weighted by molar-refractivity contribution is -0.143. The Morgan fingerprint density at radius 2 is 1.33 bits per heavy atom. The van der Waals surface area contributed by atoms with E-state index < -0.39 is 122 Å². The number of aromatic amines is 3. The van der Waals surface area contributed by atoms with Gasteiger partial charge in [0.25, 0.3) is 23.3 Å². The van der Waals surface area contributed by atoms with E-state index in [9.17, 15) is 83.1 Å². The second kappa shape index (κ2) is 32.2. The molecule has 0 radical (unpaired) electrons. The number of anilines is 5. The quantitative estimate of drug-likeness (QED) is 0.0161. The summed E-state index contributed by atoms with van der Waals surface area (Å²) >= 11 is 6.41. The lowest BCUT2D eigenvalue weighted by Gasteiger charge is -2.23. The van der Waals surface area contributed by atoms with Gasteiger partial charge in [-0.25, -0.2) is 19.6 Å². The fourth-order valence-corrected chi connectivity index (χ4v) is 13.4. The Kier molecular flexibility index (Phi) is 23.0. The van der Waals surface area contributed by atoms with Crippen LogP contribution in [0, 0.1) is 0 Å². The number of phenols is 1. The fraction of sp³-hybridized carbons (Fsp3) is 0.246. The zero-order valence-corrected chi connectivity index (χ0v) is 55.2. The van der Waals surface area contributed by atoms with Gasteiger partial charge in [-0.1, -0.05) is 45.9 Å². The van der Waals surface area contributed by atoms with Crippen molar-refractivity contribution in [3.8, 4) is 5.75 Å². The largest absolute Gasteiger partial charge is 0.507 e. The molecule has 4 atom stereocenters. The number of carbonyl (C=O) groups is 11. The average Bonchev–Trinajstić information content (AvgIpc) is 1.62. The van der Waals surface area contributed by atoms with Gasteiger partial charge >= 0.3 is 23.9 Å². The van der Waals surface area contributed by atoms with E-state index in [0.29, 0.717) is 67.9 Å². The van der Waals surface area contributed by atoms with E-state index in [4.69, 9.17) is 17.3 Å². The minimum Gasteiger partial charge on any atom is -0.507 e. The maximum atomic E-state index is 14.1. The normalized spacial score (nSPS) is 13.4. The van der Waals surface area contributed by atoms with Crippen molar-refractivity contribution in [2.45, 2.75) is 49.9 Å². The van der Waals surface area contributed by atoms with Crippen LogP contribution in [0.4, 0.5) is 28.7 Å². The Morgan fingerprint density at radius 1 is 0.673 bits per heavy atom. The molecule has 0 aliphatic carbocycles. The van der Waals surface area contributed by atoms with Gasteiger partial charge in [0.1, 0.15) is 35.3 Å².